The second kappa shape index (κ2) is 8.08. The van der Waals surface area contributed by atoms with Gasteiger partial charge in [0, 0.05) is 32.5 Å². The first kappa shape index (κ1) is 15.0. The fraction of sp³-hybridized carbons (Fsp3) is 0.846. The van der Waals surface area contributed by atoms with Gasteiger partial charge in [-0.05, 0) is 31.7 Å². The molecule has 0 aromatic heterocycles. The van der Waals surface area contributed by atoms with Gasteiger partial charge in [-0.2, -0.15) is 0 Å². The minimum Gasteiger partial charge on any atom is -0.356 e. The van der Waals surface area contributed by atoms with Gasteiger partial charge >= 0.3 is 0 Å². The van der Waals surface area contributed by atoms with Gasteiger partial charge in [0.15, 0.2) is 0 Å². The van der Waals surface area contributed by atoms with Crippen LogP contribution in [-0.2, 0) is 9.59 Å². The zero-order valence-electron chi connectivity index (χ0n) is 11.3. The quantitative estimate of drug-likeness (QED) is 0.725. The van der Waals surface area contributed by atoms with Gasteiger partial charge in [0.1, 0.15) is 0 Å². The zero-order chi connectivity index (χ0) is 13.4. The van der Waals surface area contributed by atoms with Gasteiger partial charge in [0.25, 0.3) is 0 Å². The molecule has 2 amide bonds. The second-order valence-corrected chi connectivity index (χ2v) is 4.91. The number of nitrogens with two attached hydrogens (primary N) is 1. The number of nitrogens with one attached hydrogen (secondary N) is 1. The Kier molecular flexibility index (Phi) is 6.72. The van der Waals surface area contributed by atoms with E-state index >= 15 is 0 Å². The third-order valence-electron chi connectivity index (χ3n) is 3.44. The van der Waals surface area contributed by atoms with Crippen LogP contribution in [0.3, 0.4) is 0 Å². The standard InChI is InChI=1S/C13H25N3O2/c1-2-7-15-12(17)3-4-13(18)16-8-5-11(10-14)6-9-16/h11H,2-10,14H2,1H3,(H,15,17). The molecular formula is C13H25N3O2. The maximum absolute atomic E-state index is 11.9. The van der Waals surface area contributed by atoms with Crippen LogP contribution in [0.1, 0.15) is 39.0 Å². The van der Waals surface area contributed by atoms with Crippen LogP contribution in [0, 0.1) is 5.92 Å². The minimum absolute atomic E-state index is 0.0259. The van der Waals surface area contributed by atoms with Crippen molar-refractivity contribution >= 4 is 11.8 Å². The molecule has 5 nitrogen and oxygen atoms in total. The smallest absolute Gasteiger partial charge is 0.223 e. The number of hydrogen-bond donors (Lipinski definition) is 2. The Morgan fingerprint density at radius 1 is 1.28 bits per heavy atom. The molecule has 5 heteroatoms. The lowest BCUT2D eigenvalue weighted by Gasteiger charge is -2.31. The largest absolute Gasteiger partial charge is 0.356 e. The number of carbonyl (C=O) groups excluding carboxylic acids is 2. The highest BCUT2D eigenvalue weighted by Gasteiger charge is 2.21. The van der Waals surface area contributed by atoms with E-state index in [0.717, 1.165) is 32.4 Å². The van der Waals surface area contributed by atoms with Crippen LogP contribution in [0.4, 0.5) is 0 Å². The number of nitrogens with zero attached hydrogens (tertiary/aromatic N) is 1. The molecule has 0 unspecified atom stereocenters. The summed E-state index contributed by atoms with van der Waals surface area (Å²) >= 11 is 0. The first-order chi connectivity index (χ1) is 8.67. The molecule has 1 fully saturated rings. The molecule has 1 aliphatic heterocycles. The molecule has 0 bridgehead atoms. The molecule has 1 saturated heterocycles. The number of hydrogen-bond acceptors (Lipinski definition) is 3. The predicted octanol–water partition coefficient (Wildman–Crippen LogP) is 0.490. The average Bonchev–Trinajstić information content (AvgIpc) is 2.42. The molecule has 1 heterocycles. The van der Waals surface area contributed by atoms with E-state index in [0.29, 0.717) is 31.8 Å². The maximum atomic E-state index is 11.9. The number of amides is 2. The van der Waals surface area contributed by atoms with Crippen LogP contribution in [-0.4, -0.2) is 42.9 Å². The summed E-state index contributed by atoms with van der Waals surface area (Å²) in [6, 6.07) is 0. The topological polar surface area (TPSA) is 75.4 Å². The lowest BCUT2D eigenvalue weighted by molar-refractivity contribution is -0.134. The summed E-state index contributed by atoms with van der Waals surface area (Å²) in [6.45, 7) is 4.98. The van der Waals surface area contributed by atoms with Crippen LogP contribution in [0.25, 0.3) is 0 Å². The molecule has 104 valence electrons. The highest BCUT2D eigenvalue weighted by molar-refractivity contribution is 5.83. The van der Waals surface area contributed by atoms with Crippen molar-refractivity contribution in [1.29, 1.82) is 0 Å². The highest BCUT2D eigenvalue weighted by Crippen LogP contribution is 2.16. The summed E-state index contributed by atoms with van der Waals surface area (Å²) in [5, 5.41) is 2.78. The zero-order valence-corrected chi connectivity index (χ0v) is 11.3. The Balaban J connectivity index is 2.19. The van der Waals surface area contributed by atoms with Crippen LogP contribution >= 0.6 is 0 Å². The van der Waals surface area contributed by atoms with E-state index in [2.05, 4.69) is 5.32 Å². The summed E-state index contributed by atoms with van der Waals surface area (Å²) < 4.78 is 0. The molecule has 0 spiro atoms. The van der Waals surface area contributed by atoms with Crippen molar-refractivity contribution < 1.29 is 9.59 Å². The normalized spacial score (nSPS) is 16.7. The molecule has 1 rings (SSSR count). The van der Waals surface area contributed by atoms with Crippen molar-refractivity contribution in [2.45, 2.75) is 39.0 Å². The van der Waals surface area contributed by atoms with E-state index < -0.39 is 0 Å². The monoisotopic (exact) mass is 255 g/mol. The number of rotatable bonds is 6. The lowest BCUT2D eigenvalue weighted by Crippen LogP contribution is -2.40. The lowest BCUT2D eigenvalue weighted by atomic mass is 9.97. The molecule has 0 radical (unpaired) electrons. The van der Waals surface area contributed by atoms with Gasteiger partial charge < -0.3 is 16.0 Å². The van der Waals surface area contributed by atoms with Crippen LogP contribution in [0.15, 0.2) is 0 Å². The molecule has 1 aliphatic rings. The first-order valence-electron chi connectivity index (χ1n) is 6.92. The van der Waals surface area contributed by atoms with Crippen molar-refractivity contribution in [3.8, 4) is 0 Å². The fourth-order valence-electron chi connectivity index (χ4n) is 2.15. The minimum atomic E-state index is -0.0259. The van der Waals surface area contributed by atoms with Crippen molar-refractivity contribution in [2.24, 2.45) is 11.7 Å². The molecule has 18 heavy (non-hydrogen) atoms. The van der Waals surface area contributed by atoms with Crippen LogP contribution in [0.2, 0.25) is 0 Å². The summed E-state index contributed by atoms with van der Waals surface area (Å²) in [5.41, 5.74) is 5.61. The molecule has 0 aliphatic carbocycles. The van der Waals surface area contributed by atoms with Crippen LogP contribution < -0.4 is 11.1 Å². The highest BCUT2D eigenvalue weighted by atomic mass is 16.2. The van der Waals surface area contributed by atoms with E-state index in [-0.39, 0.29) is 11.8 Å². The van der Waals surface area contributed by atoms with E-state index in [4.69, 9.17) is 5.73 Å². The maximum Gasteiger partial charge on any atom is 0.223 e. The van der Waals surface area contributed by atoms with Crippen molar-refractivity contribution in [3.63, 3.8) is 0 Å². The van der Waals surface area contributed by atoms with E-state index in [9.17, 15) is 9.59 Å². The van der Waals surface area contributed by atoms with Gasteiger partial charge in [0.05, 0.1) is 0 Å². The van der Waals surface area contributed by atoms with Gasteiger partial charge in [-0.3, -0.25) is 9.59 Å². The number of carbonyl (C=O) groups is 2. The van der Waals surface area contributed by atoms with E-state index in [1.807, 2.05) is 11.8 Å². The Morgan fingerprint density at radius 2 is 1.94 bits per heavy atom. The Bertz CT molecular complexity index is 273. The molecule has 0 saturated carbocycles. The van der Waals surface area contributed by atoms with Crippen molar-refractivity contribution in [3.05, 3.63) is 0 Å². The van der Waals surface area contributed by atoms with E-state index in [1.54, 1.807) is 0 Å². The summed E-state index contributed by atoms with van der Waals surface area (Å²) in [7, 11) is 0. The third-order valence-corrected chi connectivity index (χ3v) is 3.44. The molecular weight excluding hydrogens is 230 g/mol. The average molecular weight is 255 g/mol. The Hall–Kier alpha value is -1.10. The number of piperidine rings is 1. The first-order valence-corrected chi connectivity index (χ1v) is 6.92. The molecule has 0 atom stereocenters. The van der Waals surface area contributed by atoms with Gasteiger partial charge in [-0.1, -0.05) is 6.92 Å². The van der Waals surface area contributed by atoms with E-state index in [1.165, 1.54) is 0 Å². The number of likely N-dealkylation sites (tertiary alicyclic amines) is 1. The third kappa shape index (κ3) is 5.04. The SMILES string of the molecule is CCCNC(=O)CCC(=O)N1CCC(CN)CC1. The molecule has 0 aromatic rings. The van der Waals surface area contributed by atoms with Crippen molar-refractivity contribution in [2.75, 3.05) is 26.2 Å². The van der Waals surface area contributed by atoms with Gasteiger partial charge in [0.2, 0.25) is 11.8 Å². The van der Waals surface area contributed by atoms with Gasteiger partial charge in [-0.15, -0.1) is 0 Å². The molecule has 0 aromatic carbocycles. The fourth-order valence-corrected chi connectivity index (χ4v) is 2.15. The van der Waals surface area contributed by atoms with Crippen molar-refractivity contribution in [1.82, 2.24) is 10.2 Å². The summed E-state index contributed by atoms with van der Waals surface area (Å²) in [5.74, 6) is 0.626. The Labute approximate surface area is 109 Å². The Morgan fingerprint density at radius 3 is 2.50 bits per heavy atom. The van der Waals surface area contributed by atoms with Gasteiger partial charge in [-0.25, -0.2) is 0 Å². The predicted molar refractivity (Wildman–Crippen MR) is 70.9 cm³/mol. The molecule has 3 N–H and O–H groups in total. The summed E-state index contributed by atoms with van der Waals surface area (Å²) in [4.78, 5) is 25.1. The second-order valence-electron chi connectivity index (χ2n) is 4.91. The summed E-state index contributed by atoms with van der Waals surface area (Å²) in [6.07, 6.45) is 3.53. The van der Waals surface area contributed by atoms with Crippen LogP contribution in [0.5, 0.6) is 0 Å².